The first-order valence-corrected chi connectivity index (χ1v) is 9.00. The van der Waals surface area contributed by atoms with E-state index < -0.39 is 5.97 Å². The molecule has 1 amide bonds. The van der Waals surface area contributed by atoms with Crippen LogP contribution < -0.4 is 14.4 Å². The van der Waals surface area contributed by atoms with Crippen LogP contribution in [0.25, 0.3) is 6.08 Å². The number of para-hydroxylation sites is 1. The predicted molar refractivity (Wildman–Crippen MR) is 107 cm³/mol. The summed E-state index contributed by atoms with van der Waals surface area (Å²) in [4.78, 5) is 26.3. The van der Waals surface area contributed by atoms with Gasteiger partial charge < -0.3 is 19.1 Å². The number of ether oxygens (including phenoxy) is 3. The van der Waals surface area contributed by atoms with E-state index in [9.17, 15) is 9.59 Å². The average molecular weight is 381 g/mol. The zero-order valence-electron chi connectivity index (χ0n) is 16.2. The molecule has 0 saturated heterocycles. The number of methoxy groups -OCH3 is 2. The smallest absolute Gasteiger partial charge is 0.331 e. The zero-order valence-corrected chi connectivity index (χ0v) is 16.2. The number of hydrogen-bond acceptors (Lipinski definition) is 5. The predicted octanol–water partition coefficient (Wildman–Crippen LogP) is 3.24. The first-order valence-electron chi connectivity index (χ1n) is 9.00. The Balaban J connectivity index is 1.62. The Morgan fingerprint density at radius 3 is 2.68 bits per heavy atom. The van der Waals surface area contributed by atoms with Crippen LogP contribution in [0.2, 0.25) is 0 Å². The standard InChI is InChI=1S/C22H23NO5/c1-15-12-16-6-4-5-7-19(16)23(15)21(24)14-28-22(25)11-8-17-13-18(26-2)9-10-20(17)27-3/h4-11,13,15H,12,14H2,1-3H3/b11-8+/t15-/m1/s1. The second-order valence-corrected chi connectivity index (χ2v) is 6.49. The fourth-order valence-electron chi connectivity index (χ4n) is 3.32. The summed E-state index contributed by atoms with van der Waals surface area (Å²) in [6, 6.07) is 13.1. The fourth-order valence-corrected chi connectivity index (χ4v) is 3.32. The van der Waals surface area contributed by atoms with Gasteiger partial charge in [0, 0.05) is 23.4 Å². The number of esters is 1. The monoisotopic (exact) mass is 381 g/mol. The van der Waals surface area contributed by atoms with E-state index >= 15 is 0 Å². The molecular formula is C22H23NO5. The molecule has 0 radical (unpaired) electrons. The molecule has 0 fully saturated rings. The van der Waals surface area contributed by atoms with Crippen LogP contribution in [-0.4, -0.2) is 38.7 Å². The lowest BCUT2D eigenvalue weighted by atomic mass is 10.1. The Labute approximate surface area is 164 Å². The molecule has 6 nitrogen and oxygen atoms in total. The van der Waals surface area contributed by atoms with E-state index in [1.165, 1.54) is 6.08 Å². The highest BCUT2D eigenvalue weighted by Gasteiger charge is 2.30. The van der Waals surface area contributed by atoms with Crippen molar-refractivity contribution in [1.29, 1.82) is 0 Å². The van der Waals surface area contributed by atoms with Gasteiger partial charge in [0.15, 0.2) is 6.61 Å². The van der Waals surface area contributed by atoms with Gasteiger partial charge in [-0.25, -0.2) is 4.79 Å². The van der Waals surface area contributed by atoms with Crippen molar-refractivity contribution in [3.8, 4) is 11.5 Å². The van der Waals surface area contributed by atoms with Crippen molar-refractivity contribution in [3.05, 3.63) is 59.7 Å². The maximum Gasteiger partial charge on any atom is 0.331 e. The minimum atomic E-state index is -0.599. The van der Waals surface area contributed by atoms with Crippen LogP contribution >= 0.6 is 0 Å². The summed E-state index contributed by atoms with van der Waals surface area (Å²) < 4.78 is 15.6. The number of hydrogen-bond donors (Lipinski definition) is 0. The summed E-state index contributed by atoms with van der Waals surface area (Å²) in [6.45, 7) is 1.67. The minimum absolute atomic E-state index is 0.0418. The van der Waals surface area contributed by atoms with Gasteiger partial charge in [0.05, 0.1) is 14.2 Å². The molecule has 0 aliphatic carbocycles. The molecule has 2 aromatic carbocycles. The Bertz CT molecular complexity index is 906. The maximum atomic E-state index is 12.6. The van der Waals surface area contributed by atoms with Crippen LogP contribution in [0.3, 0.4) is 0 Å². The molecule has 1 aliphatic rings. The zero-order chi connectivity index (χ0) is 20.1. The molecule has 0 aromatic heterocycles. The molecule has 0 saturated carbocycles. The molecule has 1 aliphatic heterocycles. The van der Waals surface area contributed by atoms with E-state index in [1.807, 2.05) is 31.2 Å². The summed E-state index contributed by atoms with van der Waals surface area (Å²) in [5.74, 6) is 0.408. The second-order valence-electron chi connectivity index (χ2n) is 6.49. The molecule has 146 valence electrons. The number of amides is 1. The number of nitrogens with zero attached hydrogens (tertiary/aromatic N) is 1. The normalized spacial score (nSPS) is 15.4. The molecular weight excluding hydrogens is 358 g/mol. The van der Waals surface area contributed by atoms with Gasteiger partial charge in [0.25, 0.3) is 5.91 Å². The summed E-state index contributed by atoms with van der Waals surface area (Å²) >= 11 is 0. The van der Waals surface area contributed by atoms with Gasteiger partial charge in [-0.05, 0) is 49.2 Å². The van der Waals surface area contributed by atoms with Crippen molar-refractivity contribution < 1.29 is 23.8 Å². The molecule has 28 heavy (non-hydrogen) atoms. The van der Waals surface area contributed by atoms with E-state index in [2.05, 4.69) is 0 Å². The van der Waals surface area contributed by atoms with Crippen LogP contribution in [0.1, 0.15) is 18.1 Å². The third-order valence-electron chi connectivity index (χ3n) is 4.65. The number of benzene rings is 2. The molecule has 0 spiro atoms. The van der Waals surface area contributed by atoms with E-state index in [1.54, 1.807) is 43.4 Å². The van der Waals surface area contributed by atoms with E-state index in [-0.39, 0.29) is 18.6 Å². The molecule has 0 unspecified atom stereocenters. The van der Waals surface area contributed by atoms with Crippen molar-refractivity contribution >= 4 is 23.6 Å². The van der Waals surface area contributed by atoms with Crippen molar-refractivity contribution in [1.82, 2.24) is 0 Å². The lowest BCUT2D eigenvalue weighted by Crippen LogP contribution is -2.38. The quantitative estimate of drug-likeness (QED) is 0.568. The van der Waals surface area contributed by atoms with E-state index in [0.29, 0.717) is 17.1 Å². The summed E-state index contributed by atoms with van der Waals surface area (Å²) in [7, 11) is 3.11. The van der Waals surface area contributed by atoms with Crippen molar-refractivity contribution in [2.24, 2.45) is 0 Å². The average Bonchev–Trinajstić information content (AvgIpc) is 3.05. The molecule has 0 N–H and O–H groups in total. The number of rotatable bonds is 6. The molecule has 1 heterocycles. The molecule has 2 aromatic rings. The maximum absolute atomic E-state index is 12.6. The van der Waals surface area contributed by atoms with Crippen molar-refractivity contribution in [3.63, 3.8) is 0 Å². The molecule has 6 heteroatoms. The van der Waals surface area contributed by atoms with Gasteiger partial charge in [-0.1, -0.05) is 18.2 Å². The topological polar surface area (TPSA) is 65.1 Å². The highest BCUT2D eigenvalue weighted by atomic mass is 16.5. The molecule has 3 rings (SSSR count). The number of anilines is 1. The summed E-state index contributed by atoms with van der Waals surface area (Å²) in [5.41, 5.74) is 2.68. The highest BCUT2D eigenvalue weighted by Crippen LogP contribution is 2.31. The molecule has 0 bridgehead atoms. The SMILES string of the molecule is COc1ccc(OC)c(/C=C/C(=O)OCC(=O)N2c3ccccc3C[C@H]2C)c1. The van der Waals surface area contributed by atoms with Gasteiger partial charge in [-0.15, -0.1) is 0 Å². The van der Waals surface area contributed by atoms with Gasteiger partial charge >= 0.3 is 5.97 Å². The van der Waals surface area contributed by atoms with Crippen LogP contribution in [0.4, 0.5) is 5.69 Å². The van der Waals surface area contributed by atoms with Gasteiger partial charge in [0.1, 0.15) is 11.5 Å². The second kappa shape index (κ2) is 8.61. The third kappa shape index (κ3) is 4.17. The number of fused-ring (bicyclic) bond motifs is 1. The van der Waals surface area contributed by atoms with Crippen LogP contribution in [-0.2, 0) is 20.7 Å². The lowest BCUT2D eigenvalue weighted by Gasteiger charge is -2.22. The van der Waals surface area contributed by atoms with Crippen molar-refractivity contribution in [2.45, 2.75) is 19.4 Å². The van der Waals surface area contributed by atoms with Gasteiger partial charge in [-0.2, -0.15) is 0 Å². The van der Waals surface area contributed by atoms with Gasteiger partial charge in [0.2, 0.25) is 0 Å². The Morgan fingerprint density at radius 2 is 1.93 bits per heavy atom. The lowest BCUT2D eigenvalue weighted by molar-refractivity contribution is -0.143. The highest BCUT2D eigenvalue weighted by molar-refractivity contribution is 5.98. The first kappa shape index (κ1) is 19.5. The van der Waals surface area contributed by atoms with Crippen LogP contribution in [0.15, 0.2) is 48.5 Å². The molecule has 1 atom stereocenters. The van der Waals surface area contributed by atoms with E-state index in [4.69, 9.17) is 14.2 Å². The Hall–Kier alpha value is -3.28. The number of carbonyl (C=O) groups excluding carboxylic acids is 2. The Kier molecular flexibility index (Phi) is 5.99. The van der Waals surface area contributed by atoms with Gasteiger partial charge in [-0.3, -0.25) is 4.79 Å². The minimum Gasteiger partial charge on any atom is -0.497 e. The third-order valence-corrected chi connectivity index (χ3v) is 4.65. The fraction of sp³-hybridized carbons (Fsp3) is 0.273. The first-order chi connectivity index (χ1) is 13.5. The summed E-state index contributed by atoms with van der Waals surface area (Å²) in [5, 5.41) is 0. The summed E-state index contributed by atoms with van der Waals surface area (Å²) in [6.07, 6.45) is 3.64. The van der Waals surface area contributed by atoms with Crippen molar-refractivity contribution in [2.75, 3.05) is 25.7 Å². The largest absolute Gasteiger partial charge is 0.497 e. The number of carbonyl (C=O) groups is 2. The van der Waals surface area contributed by atoms with Crippen LogP contribution in [0.5, 0.6) is 11.5 Å². The van der Waals surface area contributed by atoms with E-state index in [0.717, 1.165) is 17.7 Å². The van der Waals surface area contributed by atoms with Crippen LogP contribution in [0, 0.1) is 0 Å². The Morgan fingerprint density at radius 1 is 1.14 bits per heavy atom.